The van der Waals surface area contributed by atoms with Gasteiger partial charge in [0.2, 0.25) is 0 Å². The molecule has 0 rings (SSSR count). The van der Waals surface area contributed by atoms with Crippen LogP contribution in [0.3, 0.4) is 0 Å². The lowest BCUT2D eigenvalue weighted by Gasteiger charge is -2.10. The van der Waals surface area contributed by atoms with Crippen molar-refractivity contribution in [3.8, 4) is 0 Å². The van der Waals surface area contributed by atoms with E-state index in [1.54, 1.807) is 6.92 Å². The molecule has 0 amide bonds. The van der Waals surface area contributed by atoms with Crippen molar-refractivity contribution in [2.24, 2.45) is 0 Å². The van der Waals surface area contributed by atoms with Crippen LogP contribution < -0.4 is 5.48 Å². The summed E-state index contributed by atoms with van der Waals surface area (Å²) in [5.74, 6) is -0.395. The second-order valence-electron chi connectivity index (χ2n) is 2.44. The molecule has 2 N–H and O–H groups in total. The fourth-order valence-electron chi connectivity index (χ4n) is 0.742. The van der Waals surface area contributed by atoms with Gasteiger partial charge in [-0.05, 0) is 13.8 Å². The Morgan fingerprint density at radius 3 is 2.69 bits per heavy atom. The molecule has 0 saturated carbocycles. The molecule has 0 aromatic carbocycles. The van der Waals surface area contributed by atoms with E-state index in [0.717, 1.165) is 0 Å². The molecule has 78 valence electrons. The van der Waals surface area contributed by atoms with Crippen molar-refractivity contribution in [1.29, 1.82) is 0 Å². The van der Waals surface area contributed by atoms with E-state index in [0.29, 0.717) is 13.2 Å². The van der Waals surface area contributed by atoms with E-state index in [-0.39, 0.29) is 13.0 Å². The molecular weight excluding hydrogens is 174 g/mol. The number of esters is 1. The van der Waals surface area contributed by atoms with Crippen LogP contribution in [0, 0.1) is 0 Å². The summed E-state index contributed by atoms with van der Waals surface area (Å²) in [4.78, 5) is 15.6. The minimum absolute atomic E-state index is 0.00604. The molecule has 0 aliphatic rings. The fourth-order valence-corrected chi connectivity index (χ4v) is 0.742. The van der Waals surface area contributed by atoms with Gasteiger partial charge < -0.3 is 14.7 Å². The third-order valence-corrected chi connectivity index (χ3v) is 1.27. The van der Waals surface area contributed by atoms with Gasteiger partial charge in [0, 0.05) is 6.54 Å². The zero-order valence-corrected chi connectivity index (χ0v) is 8.08. The lowest BCUT2D eigenvalue weighted by atomic mass is 10.2. The van der Waals surface area contributed by atoms with Crippen LogP contribution in [0.5, 0.6) is 0 Å². The quantitative estimate of drug-likeness (QED) is 0.332. The van der Waals surface area contributed by atoms with E-state index >= 15 is 0 Å². The average Bonchev–Trinajstić information content (AvgIpc) is 2.05. The third kappa shape index (κ3) is 7.70. The lowest BCUT2D eigenvalue weighted by Crippen LogP contribution is -2.29. The molecule has 0 aliphatic heterocycles. The molecule has 0 heterocycles. The van der Waals surface area contributed by atoms with Gasteiger partial charge >= 0.3 is 5.97 Å². The number of carbonyl (C=O) groups excluding carboxylic acids is 1. The molecular formula is C8H17NO4. The molecule has 5 heteroatoms. The van der Waals surface area contributed by atoms with E-state index in [9.17, 15) is 9.90 Å². The van der Waals surface area contributed by atoms with Crippen LogP contribution in [0.25, 0.3) is 0 Å². The van der Waals surface area contributed by atoms with Crippen LogP contribution >= 0.6 is 0 Å². The summed E-state index contributed by atoms with van der Waals surface area (Å²) in [7, 11) is 0. The minimum Gasteiger partial charge on any atom is -0.466 e. The highest BCUT2D eigenvalue weighted by atomic mass is 16.6. The summed E-state index contributed by atoms with van der Waals surface area (Å²) < 4.78 is 4.65. The molecule has 0 radical (unpaired) electrons. The summed E-state index contributed by atoms with van der Waals surface area (Å²) in [5, 5.41) is 9.23. The van der Waals surface area contributed by atoms with Gasteiger partial charge in [0.05, 0.1) is 25.7 Å². The maximum absolute atomic E-state index is 10.8. The zero-order chi connectivity index (χ0) is 10.1. The molecule has 5 nitrogen and oxygen atoms in total. The van der Waals surface area contributed by atoms with Gasteiger partial charge in [0.15, 0.2) is 0 Å². The van der Waals surface area contributed by atoms with Crippen molar-refractivity contribution in [2.75, 3.05) is 19.8 Å². The Bertz CT molecular complexity index is 140. The van der Waals surface area contributed by atoms with Crippen LogP contribution in [0.2, 0.25) is 0 Å². The topological polar surface area (TPSA) is 67.8 Å². The Balaban J connectivity index is 3.38. The van der Waals surface area contributed by atoms with Crippen LogP contribution in [-0.2, 0) is 14.4 Å². The van der Waals surface area contributed by atoms with Gasteiger partial charge in [0.1, 0.15) is 0 Å². The molecule has 1 atom stereocenters. The summed E-state index contributed by atoms with van der Waals surface area (Å²) in [6.45, 7) is 4.64. The Hall–Kier alpha value is -0.650. The monoisotopic (exact) mass is 191 g/mol. The molecule has 0 aromatic heterocycles. The Morgan fingerprint density at radius 1 is 1.46 bits per heavy atom. The molecule has 1 unspecified atom stereocenters. The van der Waals surface area contributed by atoms with Gasteiger partial charge in [-0.2, -0.15) is 5.48 Å². The first-order valence-corrected chi connectivity index (χ1v) is 4.39. The smallest absolute Gasteiger partial charge is 0.308 e. The summed E-state index contributed by atoms with van der Waals surface area (Å²) >= 11 is 0. The van der Waals surface area contributed by atoms with Gasteiger partial charge in [-0.15, -0.1) is 0 Å². The number of nitrogens with one attached hydrogen (secondary N) is 1. The molecule has 13 heavy (non-hydrogen) atoms. The van der Waals surface area contributed by atoms with Crippen molar-refractivity contribution < 1.29 is 19.5 Å². The SMILES string of the molecule is CCONCC(O)CC(=O)OCC. The molecule has 0 bridgehead atoms. The summed E-state index contributed by atoms with van der Waals surface area (Å²) in [5.41, 5.74) is 2.52. The number of aliphatic hydroxyl groups is 1. The second kappa shape index (κ2) is 7.97. The normalized spacial score (nSPS) is 12.5. The first kappa shape index (κ1) is 12.3. The van der Waals surface area contributed by atoms with Gasteiger partial charge in [-0.3, -0.25) is 4.79 Å². The van der Waals surface area contributed by atoms with Crippen molar-refractivity contribution >= 4 is 5.97 Å². The van der Waals surface area contributed by atoms with Crippen molar-refractivity contribution in [1.82, 2.24) is 5.48 Å². The van der Waals surface area contributed by atoms with Crippen LogP contribution in [0.1, 0.15) is 20.3 Å². The third-order valence-electron chi connectivity index (χ3n) is 1.27. The van der Waals surface area contributed by atoms with Crippen LogP contribution in [0.15, 0.2) is 0 Å². The van der Waals surface area contributed by atoms with Gasteiger partial charge in [-0.1, -0.05) is 0 Å². The second-order valence-corrected chi connectivity index (χ2v) is 2.44. The highest BCUT2D eigenvalue weighted by Gasteiger charge is 2.10. The number of aliphatic hydroxyl groups excluding tert-OH is 1. The molecule has 0 aromatic rings. The number of hydroxylamine groups is 1. The first-order chi connectivity index (χ1) is 6.20. The highest BCUT2D eigenvalue weighted by molar-refractivity contribution is 5.69. The number of rotatable bonds is 7. The van der Waals surface area contributed by atoms with Gasteiger partial charge in [-0.25, -0.2) is 0 Å². The van der Waals surface area contributed by atoms with Crippen LogP contribution in [-0.4, -0.2) is 36.9 Å². The standard InChI is InChI=1S/C8H17NO4/c1-3-12-8(11)5-7(10)6-9-13-4-2/h7,9-10H,3-6H2,1-2H3. The van der Waals surface area contributed by atoms with E-state index in [4.69, 9.17) is 4.84 Å². The predicted octanol–water partition coefficient (Wildman–Crippen LogP) is -0.158. The summed E-state index contributed by atoms with van der Waals surface area (Å²) in [6, 6.07) is 0. The van der Waals surface area contributed by atoms with Crippen molar-refractivity contribution in [3.05, 3.63) is 0 Å². The summed E-state index contributed by atoms with van der Waals surface area (Å²) in [6.07, 6.45) is -0.765. The number of carbonyl (C=O) groups is 1. The van der Waals surface area contributed by atoms with E-state index < -0.39 is 12.1 Å². The minimum atomic E-state index is -0.759. The number of hydrogen-bond donors (Lipinski definition) is 2. The largest absolute Gasteiger partial charge is 0.466 e. The van der Waals surface area contributed by atoms with Gasteiger partial charge in [0.25, 0.3) is 0 Å². The molecule has 0 saturated heterocycles. The van der Waals surface area contributed by atoms with Crippen molar-refractivity contribution in [3.63, 3.8) is 0 Å². The molecule has 0 spiro atoms. The first-order valence-electron chi connectivity index (χ1n) is 4.39. The lowest BCUT2D eigenvalue weighted by molar-refractivity contribution is -0.145. The number of ether oxygens (including phenoxy) is 1. The Labute approximate surface area is 78.0 Å². The predicted molar refractivity (Wildman–Crippen MR) is 46.9 cm³/mol. The maximum Gasteiger partial charge on any atom is 0.308 e. The Kier molecular flexibility index (Phi) is 7.57. The fraction of sp³-hybridized carbons (Fsp3) is 0.875. The van der Waals surface area contributed by atoms with E-state index in [2.05, 4.69) is 10.2 Å². The molecule has 0 aliphatic carbocycles. The Morgan fingerprint density at radius 2 is 2.15 bits per heavy atom. The zero-order valence-electron chi connectivity index (χ0n) is 8.08. The molecule has 0 fully saturated rings. The van der Waals surface area contributed by atoms with E-state index in [1.165, 1.54) is 0 Å². The maximum atomic E-state index is 10.8. The van der Waals surface area contributed by atoms with E-state index in [1.807, 2.05) is 6.92 Å². The average molecular weight is 191 g/mol. The van der Waals surface area contributed by atoms with Crippen LogP contribution in [0.4, 0.5) is 0 Å². The van der Waals surface area contributed by atoms with Crippen molar-refractivity contribution in [2.45, 2.75) is 26.4 Å². The highest BCUT2D eigenvalue weighted by Crippen LogP contribution is 1.93. The number of hydrogen-bond acceptors (Lipinski definition) is 5.